The maximum Gasteiger partial charge on any atom is 0.248 e. The van der Waals surface area contributed by atoms with Gasteiger partial charge in [0.15, 0.2) is 0 Å². The standard InChI is InChI=1S/C11H13N3O3/c1-6(9(12)15)11(17)14-8-4-2-7(3-5-8)10(13)16/h2-6H,1H3,(H2,12,15)(H2,13,16)(H,14,17). The van der Waals surface area contributed by atoms with Gasteiger partial charge in [0.25, 0.3) is 0 Å². The molecule has 0 bridgehead atoms. The minimum atomic E-state index is -0.911. The molecular weight excluding hydrogens is 222 g/mol. The maximum atomic E-state index is 11.5. The average molecular weight is 235 g/mol. The number of nitrogens with two attached hydrogens (primary N) is 2. The van der Waals surface area contributed by atoms with Crippen LogP contribution in [0.5, 0.6) is 0 Å². The van der Waals surface area contributed by atoms with Crippen molar-refractivity contribution in [1.82, 2.24) is 0 Å². The van der Waals surface area contributed by atoms with Gasteiger partial charge in [-0.1, -0.05) is 0 Å². The van der Waals surface area contributed by atoms with Crippen LogP contribution >= 0.6 is 0 Å². The number of anilines is 1. The molecule has 1 aromatic carbocycles. The molecule has 3 amide bonds. The van der Waals surface area contributed by atoms with Gasteiger partial charge in [0.05, 0.1) is 0 Å². The van der Waals surface area contributed by atoms with Crippen molar-refractivity contribution in [3.8, 4) is 0 Å². The van der Waals surface area contributed by atoms with E-state index in [1.54, 1.807) is 0 Å². The minimum absolute atomic E-state index is 0.339. The monoisotopic (exact) mass is 235 g/mol. The predicted octanol–water partition coefficient (Wildman–Crippen LogP) is -0.155. The summed E-state index contributed by atoms with van der Waals surface area (Å²) in [5.74, 6) is -2.65. The van der Waals surface area contributed by atoms with E-state index < -0.39 is 23.6 Å². The Bertz CT molecular complexity index is 454. The van der Waals surface area contributed by atoms with Crippen molar-refractivity contribution in [2.75, 3.05) is 5.32 Å². The molecule has 0 saturated carbocycles. The molecule has 1 aromatic rings. The number of carbonyl (C=O) groups excluding carboxylic acids is 3. The van der Waals surface area contributed by atoms with Crippen LogP contribution in [-0.4, -0.2) is 17.7 Å². The molecule has 0 aliphatic heterocycles. The number of nitrogens with one attached hydrogen (secondary N) is 1. The molecule has 0 spiro atoms. The third-order valence-corrected chi connectivity index (χ3v) is 2.26. The average Bonchev–Trinajstić information content (AvgIpc) is 2.28. The lowest BCUT2D eigenvalue weighted by Gasteiger charge is -2.09. The second kappa shape index (κ2) is 5.11. The van der Waals surface area contributed by atoms with E-state index in [1.807, 2.05) is 0 Å². The predicted molar refractivity (Wildman–Crippen MR) is 61.9 cm³/mol. The van der Waals surface area contributed by atoms with Crippen molar-refractivity contribution in [3.05, 3.63) is 29.8 Å². The lowest BCUT2D eigenvalue weighted by Crippen LogP contribution is -2.32. The van der Waals surface area contributed by atoms with Crippen molar-refractivity contribution in [2.45, 2.75) is 6.92 Å². The SMILES string of the molecule is CC(C(N)=O)C(=O)Nc1ccc(C(N)=O)cc1. The van der Waals surface area contributed by atoms with E-state index in [-0.39, 0.29) is 0 Å². The highest BCUT2D eigenvalue weighted by molar-refractivity contribution is 6.05. The Balaban J connectivity index is 2.73. The highest BCUT2D eigenvalue weighted by Gasteiger charge is 2.18. The van der Waals surface area contributed by atoms with Gasteiger partial charge in [-0.3, -0.25) is 14.4 Å². The fraction of sp³-hybridized carbons (Fsp3) is 0.182. The van der Waals surface area contributed by atoms with Crippen LogP contribution in [0.4, 0.5) is 5.69 Å². The van der Waals surface area contributed by atoms with Gasteiger partial charge >= 0.3 is 0 Å². The Kier molecular flexibility index (Phi) is 3.82. The summed E-state index contributed by atoms with van der Waals surface area (Å²) in [5, 5.41) is 2.50. The normalized spacial score (nSPS) is 11.6. The number of rotatable bonds is 4. The molecule has 0 aliphatic rings. The molecule has 0 radical (unpaired) electrons. The van der Waals surface area contributed by atoms with Crippen LogP contribution in [0.2, 0.25) is 0 Å². The molecule has 0 aromatic heterocycles. The zero-order chi connectivity index (χ0) is 13.0. The molecule has 0 aliphatic carbocycles. The Hall–Kier alpha value is -2.37. The van der Waals surface area contributed by atoms with Crippen molar-refractivity contribution in [3.63, 3.8) is 0 Å². The molecule has 6 heteroatoms. The number of hydrogen-bond donors (Lipinski definition) is 3. The van der Waals surface area contributed by atoms with Crippen LogP contribution in [0, 0.1) is 5.92 Å². The molecule has 5 N–H and O–H groups in total. The van der Waals surface area contributed by atoms with Gasteiger partial charge in [-0.2, -0.15) is 0 Å². The van der Waals surface area contributed by atoms with Gasteiger partial charge < -0.3 is 16.8 Å². The van der Waals surface area contributed by atoms with Gasteiger partial charge in [-0.25, -0.2) is 0 Å². The third-order valence-electron chi connectivity index (χ3n) is 2.26. The van der Waals surface area contributed by atoms with Gasteiger partial charge in [0, 0.05) is 11.3 Å². The van der Waals surface area contributed by atoms with E-state index in [0.717, 1.165) is 0 Å². The first-order valence-electron chi connectivity index (χ1n) is 4.92. The van der Waals surface area contributed by atoms with E-state index >= 15 is 0 Å². The summed E-state index contributed by atoms with van der Waals surface area (Å²) in [6.45, 7) is 1.41. The zero-order valence-corrected chi connectivity index (χ0v) is 9.27. The summed E-state index contributed by atoms with van der Waals surface area (Å²) in [6.07, 6.45) is 0. The van der Waals surface area contributed by atoms with Crippen LogP contribution < -0.4 is 16.8 Å². The highest BCUT2D eigenvalue weighted by atomic mass is 16.2. The Morgan fingerprint density at radius 2 is 1.65 bits per heavy atom. The highest BCUT2D eigenvalue weighted by Crippen LogP contribution is 2.10. The maximum absolute atomic E-state index is 11.5. The van der Waals surface area contributed by atoms with E-state index in [1.165, 1.54) is 31.2 Å². The first-order chi connectivity index (χ1) is 7.91. The number of primary amides is 2. The largest absolute Gasteiger partial charge is 0.369 e. The van der Waals surface area contributed by atoms with Crippen LogP contribution in [0.3, 0.4) is 0 Å². The number of amides is 3. The summed E-state index contributed by atoms with van der Waals surface area (Å²) >= 11 is 0. The van der Waals surface area contributed by atoms with Crippen LogP contribution in [0.25, 0.3) is 0 Å². The quantitative estimate of drug-likeness (QED) is 0.630. The van der Waals surface area contributed by atoms with Crippen LogP contribution in [0.15, 0.2) is 24.3 Å². The van der Waals surface area contributed by atoms with Crippen molar-refractivity contribution >= 4 is 23.4 Å². The van der Waals surface area contributed by atoms with Crippen LogP contribution in [0.1, 0.15) is 17.3 Å². The molecular formula is C11H13N3O3. The Labute approximate surface area is 98.0 Å². The molecule has 0 fully saturated rings. The number of hydrogen-bond acceptors (Lipinski definition) is 3. The second-order valence-electron chi connectivity index (χ2n) is 3.55. The summed E-state index contributed by atoms with van der Waals surface area (Å²) in [5.41, 5.74) is 10.9. The second-order valence-corrected chi connectivity index (χ2v) is 3.55. The lowest BCUT2D eigenvalue weighted by atomic mass is 10.1. The zero-order valence-electron chi connectivity index (χ0n) is 9.27. The van der Waals surface area contributed by atoms with Crippen molar-refractivity contribution in [2.24, 2.45) is 17.4 Å². The molecule has 1 atom stereocenters. The number of carbonyl (C=O) groups is 3. The van der Waals surface area contributed by atoms with E-state index in [9.17, 15) is 14.4 Å². The van der Waals surface area contributed by atoms with Crippen molar-refractivity contribution < 1.29 is 14.4 Å². The molecule has 1 rings (SSSR count). The molecule has 6 nitrogen and oxygen atoms in total. The van der Waals surface area contributed by atoms with E-state index in [2.05, 4.69) is 5.32 Å². The molecule has 0 saturated heterocycles. The van der Waals surface area contributed by atoms with E-state index in [4.69, 9.17) is 11.5 Å². The molecule has 1 unspecified atom stereocenters. The molecule has 90 valence electrons. The summed E-state index contributed by atoms with van der Waals surface area (Å²) in [7, 11) is 0. The minimum Gasteiger partial charge on any atom is -0.369 e. The molecule has 17 heavy (non-hydrogen) atoms. The molecule has 0 heterocycles. The van der Waals surface area contributed by atoms with Crippen LogP contribution in [-0.2, 0) is 9.59 Å². The summed E-state index contributed by atoms with van der Waals surface area (Å²) < 4.78 is 0. The van der Waals surface area contributed by atoms with Gasteiger partial charge in [0.1, 0.15) is 5.92 Å². The first-order valence-corrected chi connectivity index (χ1v) is 4.92. The van der Waals surface area contributed by atoms with Gasteiger partial charge in [0.2, 0.25) is 17.7 Å². The van der Waals surface area contributed by atoms with E-state index in [0.29, 0.717) is 11.3 Å². The Morgan fingerprint density at radius 3 is 2.06 bits per heavy atom. The van der Waals surface area contributed by atoms with Gasteiger partial charge in [-0.15, -0.1) is 0 Å². The lowest BCUT2D eigenvalue weighted by molar-refractivity contribution is -0.129. The fourth-order valence-corrected chi connectivity index (χ4v) is 1.10. The topological polar surface area (TPSA) is 115 Å². The Morgan fingerprint density at radius 1 is 1.12 bits per heavy atom. The van der Waals surface area contributed by atoms with Gasteiger partial charge in [-0.05, 0) is 31.2 Å². The fourth-order valence-electron chi connectivity index (χ4n) is 1.10. The first kappa shape index (κ1) is 12.7. The summed E-state index contributed by atoms with van der Waals surface area (Å²) in [4.78, 5) is 33.0. The van der Waals surface area contributed by atoms with Crippen molar-refractivity contribution in [1.29, 1.82) is 0 Å². The smallest absolute Gasteiger partial charge is 0.248 e. The third kappa shape index (κ3) is 3.30. The summed E-state index contributed by atoms with van der Waals surface area (Å²) in [6, 6.07) is 6.00. The number of benzene rings is 1.